The minimum atomic E-state index is -2.33. The Hall–Kier alpha value is 0.480. The lowest BCUT2D eigenvalue weighted by Crippen LogP contribution is -2.20. The molecule has 4 nitrogen and oxygen atoms in total. The molecule has 8 heteroatoms. The van der Waals surface area contributed by atoms with E-state index in [4.69, 9.17) is 21.0 Å². The highest BCUT2D eigenvalue weighted by molar-refractivity contribution is 8.67. The van der Waals surface area contributed by atoms with Crippen molar-refractivity contribution in [3.05, 3.63) is 12.3 Å². The molecule has 1 N–H and O–H groups in total. The molecule has 1 aliphatic rings. The highest BCUT2D eigenvalue weighted by Gasteiger charge is 2.32. The molecule has 0 bridgehead atoms. The lowest BCUT2D eigenvalue weighted by Gasteiger charge is -2.21. The predicted octanol–water partition coefficient (Wildman–Crippen LogP) is 4.31. The first-order valence-electron chi connectivity index (χ1n) is 6.13. The van der Waals surface area contributed by atoms with E-state index < -0.39 is 5.69 Å². The normalized spacial score (nSPS) is 21.1. The van der Waals surface area contributed by atoms with E-state index in [1.807, 2.05) is 6.92 Å². The Balaban J connectivity index is 2.56. The fraction of sp³-hybridized carbons (Fsp3) is 0.727. The minimum absolute atomic E-state index is 0.101. The summed E-state index contributed by atoms with van der Waals surface area (Å²) in [5.41, 5.74) is 1.35. The van der Waals surface area contributed by atoms with E-state index in [9.17, 15) is 0 Å². The van der Waals surface area contributed by atoms with Crippen LogP contribution in [0.5, 0.6) is 0 Å². The maximum absolute atomic E-state index is 5.62. The topological polar surface area (TPSA) is 42.9 Å². The van der Waals surface area contributed by atoms with Gasteiger partial charge in [-0.05, 0) is 39.0 Å². The quantitative estimate of drug-likeness (QED) is 0.550. The van der Waals surface area contributed by atoms with Gasteiger partial charge in [0.25, 0.3) is 5.69 Å². The Morgan fingerprint density at radius 2 is 2.21 bits per heavy atom. The molecule has 0 amide bonds. The fourth-order valence-corrected chi connectivity index (χ4v) is 6.35. The summed E-state index contributed by atoms with van der Waals surface area (Å²) < 4.78 is 11.1. The first-order valence-corrected chi connectivity index (χ1v) is 11.2. The highest BCUT2D eigenvalue weighted by atomic mass is 32.9. The first-order chi connectivity index (χ1) is 8.83. The number of thioether (sulfide) groups is 1. The van der Waals surface area contributed by atoms with Crippen molar-refractivity contribution in [3.8, 4) is 0 Å². The smallest absolute Gasteiger partial charge is 0.270 e. The second-order valence-electron chi connectivity index (χ2n) is 4.37. The van der Waals surface area contributed by atoms with E-state index >= 15 is 0 Å². The third-order valence-electron chi connectivity index (χ3n) is 2.27. The molecular formula is C11H21N2O2PS3. The van der Waals surface area contributed by atoms with Gasteiger partial charge >= 0.3 is 0 Å². The van der Waals surface area contributed by atoms with Gasteiger partial charge in [-0.1, -0.05) is 36.6 Å². The second kappa shape index (κ2) is 7.48. The van der Waals surface area contributed by atoms with Gasteiger partial charge in [-0.2, -0.15) is 0 Å². The fourth-order valence-electron chi connectivity index (χ4n) is 1.17. The van der Waals surface area contributed by atoms with Gasteiger partial charge in [0.1, 0.15) is 0 Å². The van der Waals surface area contributed by atoms with Gasteiger partial charge in [-0.25, -0.2) is 15.1 Å². The van der Waals surface area contributed by atoms with Crippen LogP contribution in [-0.2, 0) is 21.0 Å². The van der Waals surface area contributed by atoms with Gasteiger partial charge < -0.3 is 4.52 Å². The van der Waals surface area contributed by atoms with Gasteiger partial charge in [-0.3, -0.25) is 0 Å². The Morgan fingerprint density at radius 1 is 1.53 bits per heavy atom. The summed E-state index contributed by atoms with van der Waals surface area (Å²) in [6.07, 6.45) is 1.04. The third-order valence-corrected chi connectivity index (χ3v) is 8.70. The van der Waals surface area contributed by atoms with E-state index in [1.54, 1.807) is 23.1 Å². The van der Waals surface area contributed by atoms with Gasteiger partial charge in [0.15, 0.2) is 5.17 Å². The first kappa shape index (κ1) is 17.5. The summed E-state index contributed by atoms with van der Waals surface area (Å²) in [7, 11) is 0. The van der Waals surface area contributed by atoms with E-state index in [2.05, 4.69) is 37.8 Å². The van der Waals surface area contributed by atoms with Crippen molar-refractivity contribution in [2.75, 3.05) is 12.4 Å². The zero-order chi connectivity index (χ0) is 14.5. The summed E-state index contributed by atoms with van der Waals surface area (Å²) in [6.45, 7) is 12.7. The zero-order valence-corrected chi connectivity index (χ0v) is 15.1. The summed E-state index contributed by atoms with van der Waals surface area (Å²) in [5.74, 6) is 0.927. The average molecular weight is 340 g/mol. The van der Waals surface area contributed by atoms with Gasteiger partial charge in [0.05, 0.1) is 17.1 Å². The van der Waals surface area contributed by atoms with Crippen molar-refractivity contribution < 1.29 is 9.15 Å². The number of nitrogens with one attached hydrogen (secondary N) is 1. The molecule has 1 atom stereocenters. The molecule has 1 aliphatic heterocycles. The van der Waals surface area contributed by atoms with Crippen LogP contribution in [0.4, 0.5) is 0 Å². The lowest BCUT2D eigenvalue weighted by atomic mass is 10.1. The molecule has 0 aliphatic carbocycles. The largest absolute Gasteiger partial charge is 0.321 e. The Morgan fingerprint density at radius 3 is 2.68 bits per heavy atom. The molecule has 0 saturated carbocycles. The second-order valence-corrected chi connectivity index (χ2v) is 12.3. The van der Waals surface area contributed by atoms with E-state index in [0.717, 1.165) is 17.9 Å². The lowest BCUT2D eigenvalue weighted by molar-refractivity contribution is 0.235. The summed E-state index contributed by atoms with van der Waals surface area (Å²) >= 11 is 8.61. The highest BCUT2D eigenvalue weighted by Crippen LogP contribution is 2.60. The van der Waals surface area contributed by atoms with Crippen LogP contribution in [-0.4, -0.2) is 22.3 Å². The number of amidine groups is 1. The molecule has 110 valence electrons. The van der Waals surface area contributed by atoms with Crippen molar-refractivity contribution in [3.63, 3.8) is 0 Å². The average Bonchev–Trinajstić information content (AvgIpc) is 2.59. The minimum Gasteiger partial charge on any atom is -0.321 e. The predicted molar refractivity (Wildman–Crippen MR) is 91.1 cm³/mol. The van der Waals surface area contributed by atoms with Gasteiger partial charge in [0.2, 0.25) is 0 Å². The van der Waals surface area contributed by atoms with Crippen LogP contribution < -0.4 is 5.48 Å². The molecule has 0 spiro atoms. The van der Waals surface area contributed by atoms with E-state index in [-0.39, 0.29) is 4.75 Å². The maximum atomic E-state index is 5.62. The van der Waals surface area contributed by atoms with Gasteiger partial charge in [0, 0.05) is 5.75 Å². The van der Waals surface area contributed by atoms with Crippen molar-refractivity contribution >= 4 is 45.8 Å². The summed E-state index contributed by atoms with van der Waals surface area (Å²) in [6, 6.07) is 0. The molecule has 1 unspecified atom stereocenters. The number of nitrogens with zero attached hydrogens (tertiary/aromatic N) is 1. The zero-order valence-electron chi connectivity index (χ0n) is 11.8. The third kappa shape index (κ3) is 5.40. The van der Waals surface area contributed by atoms with Crippen LogP contribution >= 0.6 is 28.8 Å². The number of hydrogen-bond acceptors (Lipinski definition) is 7. The number of hydrogen-bond donors (Lipinski definition) is 1. The van der Waals surface area contributed by atoms with Crippen molar-refractivity contribution in [1.82, 2.24) is 5.48 Å². The van der Waals surface area contributed by atoms with Crippen molar-refractivity contribution in [2.24, 2.45) is 4.99 Å². The summed E-state index contributed by atoms with van der Waals surface area (Å²) in [4.78, 5) is 4.34. The van der Waals surface area contributed by atoms with Gasteiger partial charge in [-0.15, -0.1) is 0 Å². The number of hydroxylamine groups is 1. The summed E-state index contributed by atoms with van der Waals surface area (Å²) in [5, 5.41) is 0.695. The van der Waals surface area contributed by atoms with E-state index in [0.29, 0.717) is 11.8 Å². The molecule has 0 aromatic rings. The molecule has 1 heterocycles. The Kier molecular flexibility index (Phi) is 6.90. The molecular weight excluding hydrogens is 319 g/mol. The van der Waals surface area contributed by atoms with Crippen LogP contribution in [0.1, 0.15) is 34.1 Å². The molecule has 1 rings (SSSR count). The van der Waals surface area contributed by atoms with E-state index in [1.165, 1.54) is 0 Å². The molecule has 0 saturated heterocycles. The molecule has 19 heavy (non-hydrogen) atoms. The maximum Gasteiger partial charge on any atom is 0.270 e. The molecule has 0 radical (unpaired) electrons. The van der Waals surface area contributed by atoms with Crippen LogP contribution in [0.15, 0.2) is 17.3 Å². The van der Waals surface area contributed by atoms with Crippen LogP contribution in [0, 0.1) is 0 Å². The molecule has 0 aromatic carbocycles. The number of aliphatic imine (C=N–C) groups is 1. The number of rotatable bonds is 7. The monoisotopic (exact) mass is 340 g/mol. The van der Waals surface area contributed by atoms with Crippen LogP contribution in [0.25, 0.3) is 0 Å². The Bertz CT molecular complexity index is 413. The van der Waals surface area contributed by atoms with Crippen LogP contribution in [0.2, 0.25) is 0 Å². The Labute approximate surface area is 129 Å². The molecule has 0 aromatic heterocycles. The van der Waals surface area contributed by atoms with Crippen molar-refractivity contribution in [1.29, 1.82) is 0 Å². The molecule has 0 fully saturated rings. The van der Waals surface area contributed by atoms with Crippen molar-refractivity contribution in [2.45, 2.75) is 38.9 Å². The van der Waals surface area contributed by atoms with Crippen LogP contribution in [0.3, 0.4) is 0 Å². The standard InChI is InChI=1S/C11H21N2O2PS3/c1-6-8-18-16(17,14-7-2)15-13-10-12-9(3)11(4,5)19-10/h3,6-8H2,1-2,4-5H3,(H,12,13). The SMILES string of the molecule is C=C1N=C(NOP(=S)(OCC)SCCC)SC1(C)C.